The highest BCUT2D eigenvalue weighted by atomic mass is 35.5. The number of halogens is 1. The Labute approximate surface area is 175 Å². The highest BCUT2D eigenvalue weighted by Gasteiger charge is 2.16. The molecule has 0 aliphatic carbocycles. The lowest BCUT2D eigenvalue weighted by Crippen LogP contribution is -2.42. The van der Waals surface area contributed by atoms with Crippen LogP contribution in [0.4, 0.5) is 5.69 Å². The first-order valence-corrected chi connectivity index (χ1v) is 9.39. The van der Waals surface area contributed by atoms with Crippen molar-refractivity contribution in [2.24, 2.45) is 7.05 Å². The number of carbonyl (C=O) groups excluding carboxylic acids is 1. The molecule has 1 N–H and O–H groups in total. The molecular formula is C21H16ClN5O3. The van der Waals surface area contributed by atoms with Gasteiger partial charge in [-0.05, 0) is 36.4 Å². The van der Waals surface area contributed by atoms with Gasteiger partial charge >= 0.3 is 5.69 Å². The van der Waals surface area contributed by atoms with E-state index < -0.39 is 23.7 Å². The van der Waals surface area contributed by atoms with Crippen LogP contribution in [0.15, 0.2) is 70.4 Å². The number of anilines is 1. The van der Waals surface area contributed by atoms with Crippen LogP contribution >= 0.6 is 11.6 Å². The van der Waals surface area contributed by atoms with Crippen molar-refractivity contribution in [1.82, 2.24) is 19.1 Å². The maximum atomic E-state index is 12.9. The Morgan fingerprint density at radius 1 is 1.07 bits per heavy atom. The number of rotatable bonds is 4. The van der Waals surface area contributed by atoms with E-state index >= 15 is 0 Å². The molecule has 4 rings (SSSR count). The van der Waals surface area contributed by atoms with Gasteiger partial charge in [0.15, 0.2) is 11.5 Å². The molecule has 150 valence electrons. The number of aryl methyl sites for hydroxylation is 1. The van der Waals surface area contributed by atoms with E-state index in [1.54, 1.807) is 48.5 Å². The Morgan fingerprint density at radius 2 is 1.77 bits per heavy atom. The van der Waals surface area contributed by atoms with Crippen molar-refractivity contribution in [3.8, 4) is 11.4 Å². The molecule has 1 amide bonds. The van der Waals surface area contributed by atoms with Crippen LogP contribution in [-0.2, 0) is 18.4 Å². The Kier molecular flexibility index (Phi) is 5.16. The molecule has 0 saturated carbocycles. The molecule has 30 heavy (non-hydrogen) atoms. The standard InChI is InChI=1S/C21H16ClN5O3/c1-26-19-16(11-23-18(25-19)13-7-9-14(22)10-8-13)20(29)27(21(26)30)12-17(28)24-15-5-3-2-4-6-15/h2-11H,12H2,1H3,(H,24,28). The third-order valence-electron chi connectivity index (χ3n) is 4.54. The van der Waals surface area contributed by atoms with Crippen molar-refractivity contribution < 1.29 is 4.79 Å². The van der Waals surface area contributed by atoms with E-state index in [-0.39, 0.29) is 11.0 Å². The Bertz CT molecular complexity index is 1360. The number of benzene rings is 2. The highest BCUT2D eigenvalue weighted by molar-refractivity contribution is 6.30. The molecule has 2 aromatic heterocycles. The zero-order valence-corrected chi connectivity index (χ0v) is 16.6. The molecule has 2 heterocycles. The molecule has 0 radical (unpaired) electrons. The van der Waals surface area contributed by atoms with Gasteiger partial charge in [-0.15, -0.1) is 0 Å². The molecule has 9 heteroatoms. The Balaban J connectivity index is 1.73. The Morgan fingerprint density at radius 3 is 2.47 bits per heavy atom. The van der Waals surface area contributed by atoms with E-state index in [4.69, 9.17) is 11.6 Å². The summed E-state index contributed by atoms with van der Waals surface area (Å²) in [6, 6.07) is 15.7. The number of hydrogen-bond donors (Lipinski definition) is 1. The summed E-state index contributed by atoms with van der Waals surface area (Å²) < 4.78 is 2.10. The maximum absolute atomic E-state index is 12.9. The van der Waals surface area contributed by atoms with Crippen LogP contribution in [0.2, 0.25) is 5.02 Å². The normalized spacial score (nSPS) is 10.9. The minimum atomic E-state index is -0.642. The molecule has 0 unspecified atom stereocenters. The molecule has 0 atom stereocenters. The van der Waals surface area contributed by atoms with Crippen molar-refractivity contribution in [2.45, 2.75) is 6.54 Å². The van der Waals surface area contributed by atoms with Gasteiger partial charge in [-0.3, -0.25) is 18.7 Å². The average Bonchev–Trinajstić information content (AvgIpc) is 2.76. The molecular weight excluding hydrogens is 406 g/mol. The van der Waals surface area contributed by atoms with Crippen LogP contribution in [0.5, 0.6) is 0 Å². The zero-order valence-electron chi connectivity index (χ0n) is 15.9. The third kappa shape index (κ3) is 3.72. The molecule has 0 bridgehead atoms. The number of fused-ring (bicyclic) bond motifs is 1. The SMILES string of the molecule is Cn1c(=O)n(CC(=O)Nc2ccccc2)c(=O)c2cnc(-c3ccc(Cl)cc3)nc21. The maximum Gasteiger partial charge on any atom is 0.332 e. The summed E-state index contributed by atoms with van der Waals surface area (Å²) in [5.74, 6) is -0.133. The number of aromatic nitrogens is 4. The van der Waals surface area contributed by atoms with Crippen LogP contribution in [0.25, 0.3) is 22.4 Å². The van der Waals surface area contributed by atoms with Gasteiger partial charge in [0.25, 0.3) is 5.56 Å². The average molecular weight is 422 g/mol. The van der Waals surface area contributed by atoms with E-state index in [1.807, 2.05) is 6.07 Å². The fourth-order valence-electron chi connectivity index (χ4n) is 3.03. The van der Waals surface area contributed by atoms with Crippen molar-refractivity contribution in [1.29, 1.82) is 0 Å². The van der Waals surface area contributed by atoms with E-state index in [1.165, 1.54) is 17.8 Å². The summed E-state index contributed by atoms with van der Waals surface area (Å²) in [5, 5.41) is 3.37. The predicted octanol–water partition coefficient (Wildman–Crippen LogP) is 2.45. The fourth-order valence-corrected chi connectivity index (χ4v) is 3.15. The molecule has 0 saturated heterocycles. The number of nitrogens with zero attached hydrogens (tertiary/aromatic N) is 4. The van der Waals surface area contributed by atoms with Gasteiger partial charge in [-0.25, -0.2) is 14.8 Å². The van der Waals surface area contributed by atoms with E-state index in [0.29, 0.717) is 22.1 Å². The molecule has 2 aromatic carbocycles. The van der Waals surface area contributed by atoms with Crippen molar-refractivity contribution in [3.63, 3.8) is 0 Å². The van der Waals surface area contributed by atoms with Gasteiger partial charge in [0.05, 0.1) is 0 Å². The monoisotopic (exact) mass is 421 g/mol. The first-order chi connectivity index (χ1) is 14.4. The van der Waals surface area contributed by atoms with Crippen molar-refractivity contribution in [3.05, 3.63) is 86.7 Å². The minimum Gasteiger partial charge on any atom is -0.325 e. The number of carbonyl (C=O) groups is 1. The topological polar surface area (TPSA) is 98.9 Å². The summed E-state index contributed by atoms with van der Waals surface area (Å²) in [6.07, 6.45) is 1.36. The van der Waals surface area contributed by atoms with Gasteiger partial charge in [0, 0.05) is 29.5 Å². The smallest absolute Gasteiger partial charge is 0.325 e. The van der Waals surface area contributed by atoms with Gasteiger partial charge in [-0.1, -0.05) is 29.8 Å². The second-order valence-corrected chi connectivity index (χ2v) is 7.02. The van der Waals surface area contributed by atoms with Gasteiger partial charge in [0.2, 0.25) is 5.91 Å². The summed E-state index contributed by atoms with van der Waals surface area (Å²) in [4.78, 5) is 46.6. The lowest BCUT2D eigenvalue weighted by Gasteiger charge is -2.11. The van der Waals surface area contributed by atoms with Gasteiger partial charge in [-0.2, -0.15) is 0 Å². The summed E-state index contributed by atoms with van der Waals surface area (Å²) >= 11 is 5.91. The fraction of sp³-hybridized carbons (Fsp3) is 0.0952. The van der Waals surface area contributed by atoms with Crippen LogP contribution in [-0.4, -0.2) is 25.0 Å². The van der Waals surface area contributed by atoms with Crippen LogP contribution in [0, 0.1) is 0 Å². The van der Waals surface area contributed by atoms with Gasteiger partial charge in [0.1, 0.15) is 11.9 Å². The van der Waals surface area contributed by atoms with Crippen LogP contribution in [0.3, 0.4) is 0 Å². The number of amides is 1. The molecule has 4 aromatic rings. The van der Waals surface area contributed by atoms with Crippen molar-refractivity contribution in [2.75, 3.05) is 5.32 Å². The second-order valence-electron chi connectivity index (χ2n) is 6.58. The molecule has 0 aliphatic rings. The second kappa shape index (κ2) is 7.92. The number of hydrogen-bond acceptors (Lipinski definition) is 5. The van der Waals surface area contributed by atoms with Crippen LogP contribution in [0.1, 0.15) is 0 Å². The molecule has 0 aliphatic heterocycles. The van der Waals surface area contributed by atoms with E-state index in [2.05, 4.69) is 15.3 Å². The van der Waals surface area contributed by atoms with Gasteiger partial charge < -0.3 is 5.32 Å². The zero-order chi connectivity index (χ0) is 21.3. The first-order valence-electron chi connectivity index (χ1n) is 9.01. The number of nitrogens with one attached hydrogen (secondary N) is 1. The van der Waals surface area contributed by atoms with Crippen molar-refractivity contribution >= 4 is 34.2 Å². The minimum absolute atomic E-state index is 0.141. The third-order valence-corrected chi connectivity index (χ3v) is 4.79. The molecule has 0 fully saturated rings. The quantitative estimate of drug-likeness (QED) is 0.545. The Hall–Kier alpha value is -3.78. The van der Waals surface area contributed by atoms with E-state index in [0.717, 1.165) is 4.57 Å². The van der Waals surface area contributed by atoms with E-state index in [9.17, 15) is 14.4 Å². The highest BCUT2D eigenvalue weighted by Crippen LogP contribution is 2.19. The summed E-state index contributed by atoms with van der Waals surface area (Å²) in [6.45, 7) is -0.421. The lowest BCUT2D eigenvalue weighted by molar-refractivity contribution is -0.116. The summed E-state index contributed by atoms with van der Waals surface area (Å²) in [7, 11) is 1.49. The predicted molar refractivity (Wildman–Crippen MR) is 115 cm³/mol. The largest absolute Gasteiger partial charge is 0.332 e. The number of para-hydroxylation sites is 1. The first kappa shape index (κ1) is 19.5. The summed E-state index contributed by atoms with van der Waals surface area (Å²) in [5.41, 5.74) is 0.185. The molecule has 0 spiro atoms. The molecule has 8 nitrogen and oxygen atoms in total. The lowest BCUT2D eigenvalue weighted by atomic mass is 10.2. The van der Waals surface area contributed by atoms with Crippen LogP contribution < -0.4 is 16.6 Å².